The summed E-state index contributed by atoms with van der Waals surface area (Å²) in [6.07, 6.45) is 3.29. The average Bonchev–Trinajstić information content (AvgIpc) is 2.97. The van der Waals surface area contributed by atoms with Gasteiger partial charge in [-0.1, -0.05) is 11.2 Å². The lowest BCUT2D eigenvalue weighted by Gasteiger charge is -1.95. The Bertz CT molecular complexity index is 515. The number of hydroxylamine groups is 1. The third-order valence-electron chi connectivity index (χ3n) is 2.15. The van der Waals surface area contributed by atoms with E-state index >= 15 is 0 Å². The molecule has 0 aliphatic carbocycles. The summed E-state index contributed by atoms with van der Waals surface area (Å²) in [5, 5.41) is 23.7. The van der Waals surface area contributed by atoms with E-state index in [2.05, 4.69) is 10.1 Å². The zero-order valence-corrected chi connectivity index (χ0v) is 9.76. The monoisotopic (exact) mass is 250 g/mol. The molecule has 2 aromatic rings. The molecular weight excluding hydrogens is 238 g/mol. The van der Waals surface area contributed by atoms with Gasteiger partial charge < -0.3 is 10.2 Å². The van der Waals surface area contributed by atoms with E-state index in [9.17, 15) is 5.21 Å². The maximum atomic E-state index is 9.69. The molecule has 0 radical (unpaired) electrons. The van der Waals surface area contributed by atoms with Crippen molar-refractivity contribution in [1.82, 2.24) is 4.98 Å². The van der Waals surface area contributed by atoms with Crippen LogP contribution in [0.3, 0.4) is 0 Å². The van der Waals surface area contributed by atoms with Crippen LogP contribution in [-0.2, 0) is 0 Å². The molecule has 3 N–H and O–H groups in total. The van der Waals surface area contributed by atoms with Gasteiger partial charge in [-0.05, 0) is 28.3 Å². The average molecular weight is 250 g/mol. The largest absolute Gasteiger partial charge is 0.410 e. The molecule has 0 unspecified atom stereocenters. The van der Waals surface area contributed by atoms with Crippen molar-refractivity contribution >= 4 is 23.3 Å². The van der Waals surface area contributed by atoms with Gasteiger partial charge in [-0.25, -0.2) is 0 Å². The SMILES string of the molecule is ON=C(C[N+](O)=Cc1ccc[nH]1)c1cccs1. The van der Waals surface area contributed by atoms with Crippen LogP contribution in [0.4, 0.5) is 0 Å². The predicted octanol–water partition coefficient (Wildman–Crippen LogP) is 1.78. The van der Waals surface area contributed by atoms with Crippen molar-refractivity contribution in [2.24, 2.45) is 5.16 Å². The lowest BCUT2D eigenvalue weighted by atomic mass is 10.3. The summed E-state index contributed by atoms with van der Waals surface area (Å²) >= 11 is 1.46. The number of nitrogens with zero attached hydrogens (tertiary/aromatic N) is 2. The first-order valence-electron chi connectivity index (χ1n) is 4.98. The summed E-state index contributed by atoms with van der Waals surface area (Å²) in [5.74, 6) is 0. The minimum absolute atomic E-state index is 0.121. The van der Waals surface area contributed by atoms with Gasteiger partial charge in [0, 0.05) is 6.20 Å². The first-order chi connectivity index (χ1) is 8.29. The van der Waals surface area contributed by atoms with E-state index in [1.807, 2.05) is 29.6 Å². The molecule has 0 aliphatic rings. The number of aromatic nitrogens is 1. The van der Waals surface area contributed by atoms with Crippen LogP contribution in [-0.4, -0.2) is 38.6 Å². The Morgan fingerprint density at radius 1 is 1.47 bits per heavy atom. The van der Waals surface area contributed by atoms with Crippen LogP contribution >= 0.6 is 11.3 Å². The number of thiophene rings is 1. The van der Waals surface area contributed by atoms with Crippen molar-refractivity contribution in [3.63, 3.8) is 0 Å². The molecule has 6 heteroatoms. The molecule has 0 saturated carbocycles. The predicted molar refractivity (Wildman–Crippen MR) is 65.5 cm³/mol. The molecule has 5 nitrogen and oxygen atoms in total. The number of rotatable bonds is 4. The number of oxime groups is 1. The maximum absolute atomic E-state index is 9.69. The fraction of sp³-hybridized carbons (Fsp3) is 0.0909. The van der Waals surface area contributed by atoms with Gasteiger partial charge in [-0.3, -0.25) is 5.21 Å². The second kappa shape index (κ2) is 5.31. The fourth-order valence-corrected chi connectivity index (χ4v) is 2.09. The maximum Gasteiger partial charge on any atom is 0.239 e. The van der Waals surface area contributed by atoms with Gasteiger partial charge in [0.05, 0.1) is 4.88 Å². The van der Waals surface area contributed by atoms with Crippen LogP contribution in [0.25, 0.3) is 0 Å². The Balaban J connectivity index is 2.10. The molecule has 0 aliphatic heterocycles. The summed E-state index contributed by atoms with van der Waals surface area (Å²) < 4.78 is 0.973. The lowest BCUT2D eigenvalue weighted by molar-refractivity contribution is -0.761. The van der Waals surface area contributed by atoms with Gasteiger partial charge in [0.2, 0.25) is 12.8 Å². The third kappa shape index (κ3) is 2.94. The Hall–Kier alpha value is -2.08. The molecule has 2 aromatic heterocycles. The van der Waals surface area contributed by atoms with Crippen molar-refractivity contribution in [1.29, 1.82) is 0 Å². The van der Waals surface area contributed by atoms with Crippen molar-refractivity contribution in [3.05, 3.63) is 46.4 Å². The van der Waals surface area contributed by atoms with Crippen LogP contribution in [0.2, 0.25) is 0 Å². The molecule has 0 aromatic carbocycles. The lowest BCUT2D eigenvalue weighted by Crippen LogP contribution is -2.19. The number of H-pyrrole nitrogens is 1. The van der Waals surface area contributed by atoms with Crippen LogP contribution in [0.1, 0.15) is 10.6 Å². The topological polar surface area (TPSA) is 71.6 Å². The van der Waals surface area contributed by atoms with Crippen LogP contribution < -0.4 is 0 Å². The highest BCUT2D eigenvalue weighted by Crippen LogP contribution is 2.09. The smallest absolute Gasteiger partial charge is 0.239 e. The summed E-state index contributed by atoms with van der Waals surface area (Å²) in [6.45, 7) is 0.121. The minimum Gasteiger partial charge on any atom is -0.410 e. The quantitative estimate of drug-likeness (QED) is 0.335. The first kappa shape index (κ1) is 11.4. The molecule has 2 rings (SSSR count). The van der Waals surface area contributed by atoms with Crippen molar-refractivity contribution in [2.75, 3.05) is 6.54 Å². The van der Waals surface area contributed by atoms with Crippen molar-refractivity contribution in [3.8, 4) is 0 Å². The van der Waals surface area contributed by atoms with Crippen molar-refractivity contribution < 1.29 is 15.2 Å². The van der Waals surface area contributed by atoms with E-state index < -0.39 is 0 Å². The standard InChI is InChI=1S/C11H11N3O2S/c15-13-10(11-4-2-6-17-11)8-14(16)7-9-3-1-5-12-9/h1-7,15-16H,8H2/p+1. The molecule has 88 valence electrons. The van der Waals surface area contributed by atoms with Gasteiger partial charge in [-0.15, -0.1) is 11.3 Å². The number of nitrogens with one attached hydrogen (secondary N) is 1. The van der Waals surface area contributed by atoms with E-state index in [0.29, 0.717) is 5.71 Å². The van der Waals surface area contributed by atoms with Gasteiger partial charge >= 0.3 is 0 Å². The van der Waals surface area contributed by atoms with Gasteiger partial charge in [0.25, 0.3) is 0 Å². The molecule has 0 spiro atoms. The second-order valence-corrected chi connectivity index (χ2v) is 4.32. The zero-order chi connectivity index (χ0) is 12.1. The van der Waals surface area contributed by atoms with Crippen molar-refractivity contribution in [2.45, 2.75) is 0 Å². The van der Waals surface area contributed by atoms with E-state index in [1.165, 1.54) is 17.6 Å². The van der Waals surface area contributed by atoms with Crippen LogP contribution in [0, 0.1) is 0 Å². The number of aromatic amines is 1. The number of hydrogen-bond donors (Lipinski definition) is 3. The molecule has 0 atom stereocenters. The zero-order valence-electron chi connectivity index (χ0n) is 8.95. The van der Waals surface area contributed by atoms with Crippen LogP contribution in [0.5, 0.6) is 0 Å². The highest BCUT2D eigenvalue weighted by molar-refractivity contribution is 7.12. The third-order valence-corrected chi connectivity index (χ3v) is 3.07. The summed E-state index contributed by atoms with van der Waals surface area (Å²) in [5.41, 5.74) is 1.20. The van der Waals surface area contributed by atoms with E-state index in [0.717, 1.165) is 15.3 Å². The minimum atomic E-state index is 0.121. The van der Waals surface area contributed by atoms with Gasteiger partial charge in [0.1, 0.15) is 5.69 Å². The van der Waals surface area contributed by atoms with E-state index in [4.69, 9.17) is 5.21 Å². The molecular formula is C11H12N3O2S+. The summed E-state index contributed by atoms with van der Waals surface area (Å²) in [4.78, 5) is 3.76. The Kier molecular flexibility index (Phi) is 3.56. The van der Waals surface area contributed by atoms with E-state index in [1.54, 1.807) is 6.20 Å². The Labute approximate surface area is 102 Å². The Morgan fingerprint density at radius 3 is 2.94 bits per heavy atom. The highest BCUT2D eigenvalue weighted by atomic mass is 32.1. The van der Waals surface area contributed by atoms with E-state index in [-0.39, 0.29) is 6.54 Å². The van der Waals surface area contributed by atoms with Crippen LogP contribution in [0.15, 0.2) is 41.0 Å². The van der Waals surface area contributed by atoms with Gasteiger partial charge in [-0.2, -0.15) is 0 Å². The summed E-state index contributed by atoms with van der Waals surface area (Å²) in [6, 6.07) is 7.36. The first-order valence-corrected chi connectivity index (χ1v) is 5.86. The fourth-order valence-electron chi connectivity index (χ4n) is 1.39. The Morgan fingerprint density at radius 2 is 2.35 bits per heavy atom. The molecule has 2 heterocycles. The molecule has 17 heavy (non-hydrogen) atoms. The number of hydrogen-bond acceptors (Lipinski definition) is 4. The molecule has 0 fully saturated rings. The van der Waals surface area contributed by atoms with Gasteiger partial charge in [0.15, 0.2) is 5.71 Å². The molecule has 0 bridgehead atoms. The molecule has 0 amide bonds. The summed E-state index contributed by atoms with van der Waals surface area (Å²) in [7, 11) is 0. The second-order valence-electron chi connectivity index (χ2n) is 3.38. The normalized spacial score (nSPS) is 12.9. The molecule has 0 saturated heterocycles. The highest BCUT2D eigenvalue weighted by Gasteiger charge is 2.13.